The van der Waals surface area contributed by atoms with Gasteiger partial charge in [0.05, 0.1) is 6.42 Å². The Kier molecular flexibility index (Phi) is 5.58. The number of rotatable bonds is 6. The van der Waals surface area contributed by atoms with Crippen LogP contribution in [-0.2, 0) is 4.79 Å². The lowest BCUT2D eigenvalue weighted by Crippen LogP contribution is -1.91. The summed E-state index contributed by atoms with van der Waals surface area (Å²) in [7, 11) is 0. The highest BCUT2D eigenvalue weighted by Gasteiger charge is 2.13. The van der Waals surface area contributed by atoms with Gasteiger partial charge in [-0.05, 0) is 65.0 Å². The van der Waals surface area contributed by atoms with E-state index in [0.29, 0.717) is 11.5 Å². The molecule has 4 aromatic rings. The minimum atomic E-state index is -0.875. The molecule has 0 bridgehead atoms. The van der Waals surface area contributed by atoms with Crippen LogP contribution in [0.2, 0.25) is 0 Å². The number of carboxylic acid groups (broad SMARTS) is 1. The van der Waals surface area contributed by atoms with E-state index in [1.165, 1.54) is 0 Å². The lowest BCUT2D eigenvalue weighted by Gasteiger charge is -2.15. The summed E-state index contributed by atoms with van der Waals surface area (Å²) in [5.74, 6) is 0.741. The van der Waals surface area contributed by atoms with Crippen LogP contribution in [0.1, 0.15) is 12.0 Å². The number of aliphatic carboxylic acids is 1. The van der Waals surface area contributed by atoms with Crippen molar-refractivity contribution < 1.29 is 24.9 Å². The van der Waals surface area contributed by atoms with Crippen LogP contribution in [0.4, 0.5) is 0 Å². The van der Waals surface area contributed by atoms with Crippen molar-refractivity contribution in [1.29, 1.82) is 0 Å². The molecule has 31 heavy (non-hydrogen) atoms. The maximum absolute atomic E-state index is 10.6. The molecule has 0 fully saturated rings. The number of aromatic hydroxyl groups is 2. The maximum atomic E-state index is 10.6. The minimum absolute atomic E-state index is 0.0307. The van der Waals surface area contributed by atoms with Gasteiger partial charge in [0.1, 0.15) is 23.0 Å². The van der Waals surface area contributed by atoms with Crippen LogP contribution >= 0.6 is 0 Å². The van der Waals surface area contributed by atoms with Gasteiger partial charge in [0, 0.05) is 10.9 Å². The Bertz CT molecular complexity index is 1260. The zero-order valence-electron chi connectivity index (χ0n) is 16.5. The van der Waals surface area contributed by atoms with Crippen LogP contribution in [0.5, 0.6) is 23.0 Å². The van der Waals surface area contributed by atoms with E-state index in [-0.39, 0.29) is 17.9 Å². The van der Waals surface area contributed by atoms with E-state index in [2.05, 4.69) is 0 Å². The van der Waals surface area contributed by atoms with E-state index in [0.717, 1.165) is 27.5 Å². The Balaban J connectivity index is 1.73. The zero-order valence-corrected chi connectivity index (χ0v) is 16.5. The second kappa shape index (κ2) is 8.63. The first-order valence-corrected chi connectivity index (χ1v) is 9.71. The molecule has 0 spiro atoms. The number of carbonyl (C=O) groups is 1. The van der Waals surface area contributed by atoms with Gasteiger partial charge in [0.2, 0.25) is 0 Å². The summed E-state index contributed by atoms with van der Waals surface area (Å²) in [6.45, 7) is 0. The number of fused-ring (bicyclic) bond motifs is 1. The fourth-order valence-corrected chi connectivity index (χ4v) is 3.33. The topological polar surface area (TPSA) is 87.0 Å². The quantitative estimate of drug-likeness (QED) is 0.351. The first-order valence-electron chi connectivity index (χ1n) is 9.71. The molecule has 5 nitrogen and oxygen atoms in total. The van der Waals surface area contributed by atoms with E-state index in [4.69, 9.17) is 9.84 Å². The highest BCUT2D eigenvalue weighted by Crippen LogP contribution is 2.40. The van der Waals surface area contributed by atoms with Gasteiger partial charge < -0.3 is 20.1 Å². The van der Waals surface area contributed by atoms with Gasteiger partial charge >= 0.3 is 5.97 Å². The van der Waals surface area contributed by atoms with Crippen LogP contribution in [0.25, 0.3) is 28.0 Å². The van der Waals surface area contributed by atoms with E-state index < -0.39 is 5.97 Å². The van der Waals surface area contributed by atoms with Crippen LogP contribution < -0.4 is 4.74 Å². The molecular weight excluding hydrogens is 392 g/mol. The molecule has 0 atom stereocenters. The normalized spacial score (nSPS) is 11.1. The molecule has 0 radical (unpaired) electrons. The third kappa shape index (κ3) is 4.67. The summed E-state index contributed by atoms with van der Waals surface area (Å²) in [5, 5.41) is 29.9. The molecule has 0 unspecified atom stereocenters. The molecule has 0 aliphatic rings. The third-order valence-electron chi connectivity index (χ3n) is 4.84. The van der Waals surface area contributed by atoms with Gasteiger partial charge in [-0.2, -0.15) is 0 Å². The van der Waals surface area contributed by atoms with Crippen molar-refractivity contribution >= 4 is 22.8 Å². The first-order chi connectivity index (χ1) is 15.0. The predicted octanol–water partition coefficient (Wildman–Crippen LogP) is 6.20. The Hall–Kier alpha value is -4.25. The number of carboxylic acids is 1. The maximum Gasteiger partial charge on any atom is 0.307 e. The second-order valence-electron chi connectivity index (χ2n) is 7.07. The summed E-state index contributed by atoms with van der Waals surface area (Å²) >= 11 is 0. The standard InChI is InChI=1S/C26H20O5/c27-20-9-6-18(7-10-20)23-14-8-19-16-21(28)11-15-24(19)26(23)31-22-12-4-17(5-13-22)2-1-3-25(29)30/h1-2,4-16,27-28H,3H2,(H,29,30). The van der Waals surface area contributed by atoms with Crippen molar-refractivity contribution in [1.82, 2.24) is 0 Å². The number of phenols is 2. The van der Waals surface area contributed by atoms with Crippen molar-refractivity contribution in [2.45, 2.75) is 6.42 Å². The number of hydrogen-bond donors (Lipinski definition) is 3. The van der Waals surface area contributed by atoms with Crippen molar-refractivity contribution in [2.75, 3.05) is 0 Å². The molecule has 0 aliphatic carbocycles. The van der Waals surface area contributed by atoms with Crippen molar-refractivity contribution in [3.63, 3.8) is 0 Å². The molecule has 0 saturated heterocycles. The van der Waals surface area contributed by atoms with Gasteiger partial charge in [-0.1, -0.05) is 42.5 Å². The Morgan fingerprint density at radius 1 is 0.839 bits per heavy atom. The third-order valence-corrected chi connectivity index (χ3v) is 4.84. The van der Waals surface area contributed by atoms with Crippen LogP contribution in [0, 0.1) is 0 Å². The molecule has 0 aromatic heterocycles. The lowest BCUT2D eigenvalue weighted by atomic mass is 9.99. The Labute approximate surface area is 179 Å². The summed E-state index contributed by atoms with van der Waals surface area (Å²) in [4.78, 5) is 10.6. The second-order valence-corrected chi connectivity index (χ2v) is 7.07. The Morgan fingerprint density at radius 3 is 2.26 bits per heavy atom. The van der Waals surface area contributed by atoms with Crippen LogP contribution in [0.3, 0.4) is 0 Å². The molecule has 0 saturated carbocycles. The van der Waals surface area contributed by atoms with Crippen LogP contribution in [-0.4, -0.2) is 21.3 Å². The van der Waals surface area contributed by atoms with E-state index in [9.17, 15) is 15.0 Å². The summed E-state index contributed by atoms with van der Waals surface area (Å²) < 4.78 is 6.28. The van der Waals surface area contributed by atoms with Gasteiger partial charge in [0.25, 0.3) is 0 Å². The minimum Gasteiger partial charge on any atom is -0.508 e. The monoisotopic (exact) mass is 412 g/mol. The molecule has 0 aliphatic heterocycles. The number of hydrogen-bond acceptors (Lipinski definition) is 4. The molecule has 4 aromatic carbocycles. The molecule has 5 heteroatoms. The summed E-state index contributed by atoms with van der Waals surface area (Å²) in [6.07, 6.45) is 3.32. The first kappa shape index (κ1) is 20.0. The zero-order chi connectivity index (χ0) is 21.8. The lowest BCUT2D eigenvalue weighted by molar-refractivity contribution is -0.135. The summed E-state index contributed by atoms with van der Waals surface area (Å²) in [5.41, 5.74) is 2.61. The molecule has 0 heterocycles. The number of benzene rings is 4. The van der Waals surface area contributed by atoms with Gasteiger partial charge in [-0.3, -0.25) is 4.79 Å². The van der Waals surface area contributed by atoms with Gasteiger partial charge in [-0.15, -0.1) is 0 Å². The van der Waals surface area contributed by atoms with Gasteiger partial charge in [0.15, 0.2) is 0 Å². The molecule has 4 rings (SSSR count). The predicted molar refractivity (Wildman–Crippen MR) is 121 cm³/mol. The fourth-order valence-electron chi connectivity index (χ4n) is 3.33. The highest BCUT2D eigenvalue weighted by molar-refractivity contribution is 5.96. The molecule has 154 valence electrons. The van der Waals surface area contributed by atoms with E-state index in [1.54, 1.807) is 36.4 Å². The van der Waals surface area contributed by atoms with E-state index >= 15 is 0 Å². The number of phenolic OH excluding ortho intramolecular Hbond substituents is 2. The van der Waals surface area contributed by atoms with Crippen molar-refractivity contribution in [3.8, 4) is 34.1 Å². The molecule has 0 amide bonds. The largest absolute Gasteiger partial charge is 0.508 e. The van der Waals surface area contributed by atoms with Crippen molar-refractivity contribution in [2.24, 2.45) is 0 Å². The van der Waals surface area contributed by atoms with E-state index in [1.807, 2.05) is 54.6 Å². The summed E-state index contributed by atoms with van der Waals surface area (Å²) in [6, 6.07) is 23.2. The average molecular weight is 412 g/mol. The average Bonchev–Trinajstić information content (AvgIpc) is 2.75. The SMILES string of the molecule is O=C(O)CC=Cc1ccc(Oc2c(-c3ccc(O)cc3)ccc3cc(O)ccc23)cc1. The smallest absolute Gasteiger partial charge is 0.307 e. The van der Waals surface area contributed by atoms with Gasteiger partial charge in [-0.25, -0.2) is 0 Å². The highest BCUT2D eigenvalue weighted by atomic mass is 16.5. The van der Waals surface area contributed by atoms with Crippen molar-refractivity contribution in [3.05, 3.63) is 90.5 Å². The number of ether oxygens (including phenoxy) is 1. The molecular formula is C26H20O5. The Morgan fingerprint density at radius 2 is 1.55 bits per heavy atom. The van der Waals surface area contributed by atoms with Crippen LogP contribution in [0.15, 0.2) is 84.9 Å². The fraction of sp³-hybridized carbons (Fsp3) is 0.0385. The molecule has 3 N–H and O–H groups in total.